The monoisotopic (exact) mass is 389 g/mol. The van der Waals surface area contributed by atoms with E-state index in [2.05, 4.69) is 5.32 Å². The Morgan fingerprint density at radius 3 is 2.45 bits per heavy atom. The summed E-state index contributed by atoms with van der Waals surface area (Å²) in [4.78, 5) is 13.1. The highest BCUT2D eigenvalue weighted by Gasteiger charge is 2.28. The fraction of sp³-hybridized carbons (Fsp3) is 0.208. The second kappa shape index (κ2) is 8.80. The maximum Gasteiger partial charge on any atom is 0.287 e. The standard InChI is InChI=1S/C24H24N2O3/c1-17-11-13-19(14-12-17)26-24(27)23(18-7-3-2-4-8-18)25-15-20-16-28-21-9-5-6-10-22(21)29-20/h2-14,20,23,25H,15-16H2,1H3,(H,26,27)/p+1/t20-,23+/m1/s1. The van der Waals surface area contributed by atoms with Crippen LogP contribution < -0.4 is 20.1 Å². The van der Waals surface area contributed by atoms with Gasteiger partial charge in [0.05, 0.1) is 0 Å². The Kier molecular flexibility index (Phi) is 5.77. The number of ether oxygens (including phenoxy) is 2. The number of anilines is 1. The number of nitrogens with two attached hydrogens (primary N) is 1. The molecule has 148 valence electrons. The Labute approximate surface area is 170 Å². The fourth-order valence-electron chi connectivity index (χ4n) is 3.38. The third kappa shape index (κ3) is 4.76. The molecule has 3 aromatic carbocycles. The number of nitrogens with one attached hydrogen (secondary N) is 1. The largest absolute Gasteiger partial charge is 0.486 e. The number of benzene rings is 3. The maximum atomic E-state index is 13.1. The highest BCUT2D eigenvalue weighted by atomic mass is 16.6. The summed E-state index contributed by atoms with van der Waals surface area (Å²) in [5, 5.41) is 5.04. The number of aryl methyl sites for hydroxylation is 1. The number of quaternary nitrogens is 1. The van der Waals surface area contributed by atoms with Gasteiger partial charge in [0.25, 0.3) is 5.91 Å². The van der Waals surface area contributed by atoms with E-state index in [0.29, 0.717) is 13.2 Å². The van der Waals surface area contributed by atoms with Crippen LogP contribution in [0.1, 0.15) is 17.2 Å². The van der Waals surface area contributed by atoms with Crippen molar-refractivity contribution < 1.29 is 19.6 Å². The molecule has 1 heterocycles. The van der Waals surface area contributed by atoms with E-state index < -0.39 is 0 Å². The molecule has 5 nitrogen and oxygen atoms in total. The summed E-state index contributed by atoms with van der Waals surface area (Å²) < 4.78 is 11.8. The number of amides is 1. The Balaban J connectivity index is 1.45. The molecule has 4 rings (SSSR count). The SMILES string of the molecule is Cc1ccc(NC(=O)[C@@H]([NH2+]C[C@@H]2COc3ccccc3O2)c2ccccc2)cc1. The van der Waals surface area contributed by atoms with Crippen LogP contribution in [-0.2, 0) is 4.79 Å². The van der Waals surface area contributed by atoms with E-state index in [1.54, 1.807) is 0 Å². The molecule has 1 amide bonds. The molecule has 0 spiro atoms. The van der Waals surface area contributed by atoms with Gasteiger partial charge in [-0.15, -0.1) is 0 Å². The molecule has 3 aromatic rings. The summed E-state index contributed by atoms with van der Waals surface area (Å²) in [7, 11) is 0. The minimum atomic E-state index is -0.377. The number of fused-ring (bicyclic) bond motifs is 1. The maximum absolute atomic E-state index is 13.1. The molecular weight excluding hydrogens is 364 g/mol. The van der Waals surface area contributed by atoms with Crippen LogP contribution >= 0.6 is 0 Å². The second-order valence-corrected chi connectivity index (χ2v) is 7.21. The average Bonchev–Trinajstić information content (AvgIpc) is 2.76. The highest BCUT2D eigenvalue weighted by molar-refractivity contribution is 5.94. The van der Waals surface area contributed by atoms with Crippen molar-refractivity contribution in [3.8, 4) is 11.5 Å². The summed E-state index contributed by atoms with van der Waals surface area (Å²) in [6.07, 6.45) is -0.122. The Bertz CT molecular complexity index is 957. The van der Waals surface area contributed by atoms with Gasteiger partial charge in [0, 0.05) is 11.3 Å². The molecule has 3 N–H and O–H groups in total. The van der Waals surface area contributed by atoms with Gasteiger partial charge in [0.2, 0.25) is 0 Å². The van der Waals surface area contributed by atoms with E-state index in [1.165, 1.54) is 0 Å². The summed E-state index contributed by atoms with van der Waals surface area (Å²) in [5.41, 5.74) is 2.90. The minimum absolute atomic E-state index is 0.0582. The van der Waals surface area contributed by atoms with Crippen molar-refractivity contribution in [3.05, 3.63) is 90.0 Å². The van der Waals surface area contributed by atoms with Gasteiger partial charge in [-0.3, -0.25) is 4.79 Å². The lowest BCUT2D eigenvalue weighted by molar-refractivity contribution is -0.687. The first-order valence-electron chi connectivity index (χ1n) is 9.83. The molecule has 1 aliphatic heterocycles. The van der Waals surface area contributed by atoms with Crippen molar-refractivity contribution in [1.29, 1.82) is 0 Å². The number of hydrogen-bond donors (Lipinski definition) is 2. The normalized spacial score (nSPS) is 16.1. The predicted octanol–water partition coefficient (Wildman–Crippen LogP) is 3.08. The Morgan fingerprint density at radius 1 is 1.00 bits per heavy atom. The van der Waals surface area contributed by atoms with Crippen molar-refractivity contribution >= 4 is 11.6 Å². The van der Waals surface area contributed by atoms with Crippen LogP contribution in [0.4, 0.5) is 5.69 Å². The fourth-order valence-corrected chi connectivity index (χ4v) is 3.38. The number of rotatable bonds is 6. The lowest BCUT2D eigenvalue weighted by Gasteiger charge is -2.26. The van der Waals surface area contributed by atoms with Crippen molar-refractivity contribution in [3.63, 3.8) is 0 Å². The molecule has 29 heavy (non-hydrogen) atoms. The zero-order valence-corrected chi connectivity index (χ0v) is 16.4. The topological polar surface area (TPSA) is 64.2 Å². The number of carbonyl (C=O) groups excluding carboxylic acids is 1. The van der Waals surface area contributed by atoms with E-state index in [9.17, 15) is 4.79 Å². The van der Waals surface area contributed by atoms with Gasteiger partial charge in [-0.05, 0) is 31.2 Å². The van der Waals surface area contributed by atoms with Gasteiger partial charge in [-0.2, -0.15) is 0 Å². The number of carbonyl (C=O) groups is 1. The van der Waals surface area contributed by atoms with E-state index in [-0.39, 0.29) is 18.1 Å². The summed E-state index contributed by atoms with van der Waals surface area (Å²) in [6, 6.07) is 24.9. The van der Waals surface area contributed by atoms with Crippen molar-refractivity contribution in [1.82, 2.24) is 0 Å². The molecule has 0 saturated heterocycles. The van der Waals surface area contributed by atoms with Gasteiger partial charge in [-0.25, -0.2) is 0 Å². The Morgan fingerprint density at radius 2 is 1.69 bits per heavy atom. The zero-order chi connectivity index (χ0) is 20.1. The van der Waals surface area contributed by atoms with Crippen LogP contribution in [0.15, 0.2) is 78.9 Å². The second-order valence-electron chi connectivity index (χ2n) is 7.21. The van der Waals surface area contributed by atoms with Gasteiger partial charge >= 0.3 is 0 Å². The molecular formula is C24H25N2O3+. The van der Waals surface area contributed by atoms with Gasteiger partial charge in [0.15, 0.2) is 23.6 Å². The molecule has 0 fully saturated rings. The van der Waals surface area contributed by atoms with Crippen LogP contribution in [0.5, 0.6) is 11.5 Å². The van der Waals surface area contributed by atoms with Crippen molar-refractivity contribution in [2.45, 2.75) is 19.1 Å². The third-order valence-electron chi connectivity index (χ3n) is 4.96. The lowest BCUT2D eigenvalue weighted by Crippen LogP contribution is -2.89. The predicted molar refractivity (Wildman–Crippen MR) is 112 cm³/mol. The molecule has 5 heteroatoms. The lowest BCUT2D eigenvalue weighted by atomic mass is 10.1. The molecule has 0 aromatic heterocycles. The quantitative estimate of drug-likeness (QED) is 0.681. The zero-order valence-electron chi connectivity index (χ0n) is 16.4. The molecule has 0 radical (unpaired) electrons. The molecule has 0 bridgehead atoms. The first-order chi connectivity index (χ1) is 14.2. The van der Waals surface area contributed by atoms with Gasteiger partial charge in [0.1, 0.15) is 13.2 Å². The molecule has 0 aliphatic carbocycles. The number of hydrogen-bond acceptors (Lipinski definition) is 3. The van der Waals surface area contributed by atoms with E-state index >= 15 is 0 Å². The minimum Gasteiger partial charge on any atom is -0.486 e. The molecule has 0 unspecified atom stereocenters. The van der Waals surface area contributed by atoms with Gasteiger partial charge in [-0.1, -0.05) is 60.2 Å². The Hall–Kier alpha value is -3.31. The van der Waals surface area contributed by atoms with E-state index in [4.69, 9.17) is 9.47 Å². The van der Waals surface area contributed by atoms with Gasteiger partial charge < -0.3 is 20.1 Å². The van der Waals surface area contributed by atoms with Crippen LogP contribution in [0.3, 0.4) is 0 Å². The summed E-state index contributed by atoms with van der Waals surface area (Å²) >= 11 is 0. The average molecular weight is 389 g/mol. The third-order valence-corrected chi connectivity index (χ3v) is 4.96. The first kappa shape index (κ1) is 19.0. The smallest absolute Gasteiger partial charge is 0.287 e. The molecule has 2 atom stereocenters. The summed E-state index contributed by atoms with van der Waals surface area (Å²) in [5.74, 6) is 1.45. The van der Waals surface area contributed by atoms with Crippen LogP contribution in [0.25, 0.3) is 0 Å². The van der Waals surface area contributed by atoms with E-state index in [0.717, 1.165) is 28.3 Å². The molecule has 1 aliphatic rings. The molecule has 0 saturated carbocycles. The highest BCUT2D eigenvalue weighted by Crippen LogP contribution is 2.30. The summed E-state index contributed by atoms with van der Waals surface area (Å²) in [6.45, 7) is 3.10. The first-order valence-corrected chi connectivity index (χ1v) is 9.83. The van der Waals surface area contributed by atoms with Crippen molar-refractivity contribution in [2.24, 2.45) is 0 Å². The van der Waals surface area contributed by atoms with Crippen LogP contribution in [0, 0.1) is 6.92 Å². The van der Waals surface area contributed by atoms with E-state index in [1.807, 2.05) is 91.1 Å². The number of para-hydroxylation sites is 2. The van der Waals surface area contributed by atoms with Crippen molar-refractivity contribution in [2.75, 3.05) is 18.5 Å². The van der Waals surface area contributed by atoms with Crippen LogP contribution in [0.2, 0.25) is 0 Å². The van der Waals surface area contributed by atoms with Crippen LogP contribution in [-0.4, -0.2) is 25.2 Å².